The van der Waals surface area contributed by atoms with Crippen LogP contribution in [0.1, 0.15) is 15.9 Å². The van der Waals surface area contributed by atoms with Crippen LogP contribution in [0, 0.1) is 5.82 Å². The molecule has 0 atom stereocenters. The summed E-state index contributed by atoms with van der Waals surface area (Å²) in [5.74, 6) is -0.981. The van der Waals surface area contributed by atoms with Crippen LogP contribution in [0.25, 0.3) is 11.1 Å². The Morgan fingerprint density at radius 2 is 1.26 bits per heavy atom. The number of rotatable bonds is 3. The van der Waals surface area contributed by atoms with Crippen LogP contribution in [0.15, 0.2) is 77.9 Å². The Morgan fingerprint density at radius 3 is 1.85 bits per heavy atom. The molecule has 0 fully saturated rings. The van der Waals surface area contributed by atoms with E-state index < -0.39 is 19.0 Å². The summed E-state index contributed by atoms with van der Waals surface area (Å²) in [5, 5.41) is 3.98. The Labute approximate surface area is 153 Å². The Morgan fingerprint density at radius 1 is 0.741 bits per heavy atom. The number of hydrogen-bond acceptors (Lipinski definition) is 3. The molecule has 0 N–H and O–H groups in total. The van der Waals surface area contributed by atoms with E-state index in [0.717, 1.165) is 23.3 Å². The van der Waals surface area contributed by atoms with Gasteiger partial charge in [-0.15, -0.1) is 0 Å². The number of fused-ring (bicyclic) bond motifs is 3. The third kappa shape index (κ3) is 3.01. The summed E-state index contributed by atoms with van der Waals surface area (Å²) in [6, 6.07) is 18.5. The van der Waals surface area contributed by atoms with Crippen LogP contribution < -0.4 is 4.92 Å². The predicted molar refractivity (Wildman–Crippen MR) is 99.6 cm³/mol. The van der Waals surface area contributed by atoms with Gasteiger partial charge in [-0.3, -0.25) is 13.4 Å². The van der Waals surface area contributed by atoms with E-state index in [9.17, 15) is 17.8 Å². The van der Waals surface area contributed by atoms with Crippen molar-refractivity contribution in [2.75, 3.05) is 4.92 Å². The topological polar surface area (TPSA) is 32.7 Å². The minimum absolute atomic E-state index is 0.0111. The molecule has 0 heterocycles. The van der Waals surface area contributed by atoms with Crippen LogP contribution in [0.4, 0.5) is 18.7 Å². The summed E-state index contributed by atoms with van der Waals surface area (Å²) in [7, 11) is -3.00. The summed E-state index contributed by atoms with van der Waals surface area (Å²) < 4.78 is 40.4. The molecule has 4 rings (SSSR count). The Balaban J connectivity index is 1.89. The largest absolute Gasteiger partial charge is 0.695 e. The normalized spacial score (nSPS) is 13.9. The number of benzene rings is 3. The molecule has 0 unspecified atom stereocenters. The van der Waals surface area contributed by atoms with Crippen molar-refractivity contribution in [1.82, 2.24) is 0 Å². The number of carbonyl (C=O) groups is 1. The van der Waals surface area contributed by atoms with E-state index in [1.165, 1.54) is 12.1 Å². The average molecular weight is 364 g/mol. The molecule has 7 heteroatoms. The van der Waals surface area contributed by atoms with Gasteiger partial charge in [0.1, 0.15) is 11.5 Å². The van der Waals surface area contributed by atoms with Gasteiger partial charge in [-0.25, -0.2) is 9.31 Å². The van der Waals surface area contributed by atoms with Crippen LogP contribution >= 0.6 is 0 Å². The lowest BCUT2D eigenvalue weighted by atomic mass is 9.83. The highest BCUT2D eigenvalue weighted by molar-refractivity contribution is 6.56. The van der Waals surface area contributed by atoms with Gasteiger partial charge >= 0.3 is 7.40 Å². The van der Waals surface area contributed by atoms with Gasteiger partial charge in [0.25, 0.3) is 0 Å². The highest BCUT2D eigenvalue weighted by Crippen LogP contribution is 2.34. The summed E-state index contributed by atoms with van der Waals surface area (Å²) in [5.41, 5.74) is 2.29. The average Bonchev–Trinajstić information content (AvgIpc) is 2.69. The van der Waals surface area contributed by atoms with E-state index in [1.807, 2.05) is 24.3 Å². The summed E-state index contributed by atoms with van der Waals surface area (Å²) in [6.45, 7) is 0. The van der Waals surface area contributed by atoms with Crippen molar-refractivity contribution >= 4 is 24.6 Å². The van der Waals surface area contributed by atoms with Crippen molar-refractivity contribution < 1.29 is 17.8 Å². The second-order valence-electron chi connectivity index (χ2n) is 5.97. The smallest absolute Gasteiger partial charge is 0.287 e. The summed E-state index contributed by atoms with van der Waals surface area (Å²) in [4.78, 5) is 13.4. The SMILES string of the molecule is O=C1/C(=N\N(B(F)F)c2ccc(F)cc2)c2ccccc2-c2ccccc21. The Hall–Kier alpha value is -3.35. The van der Waals surface area contributed by atoms with Gasteiger partial charge in [-0.2, -0.15) is 5.10 Å². The lowest BCUT2D eigenvalue weighted by Gasteiger charge is -2.23. The molecule has 0 aliphatic heterocycles. The molecular weight excluding hydrogens is 352 g/mol. The quantitative estimate of drug-likeness (QED) is 0.493. The van der Waals surface area contributed by atoms with Gasteiger partial charge in [-0.1, -0.05) is 48.5 Å². The van der Waals surface area contributed by atoms with Gasteiger partial charge in [0.05, 0.1) is 5.69 Å². The van der Waals surface area contributed by atoms with E-state index in [1.54, 1.807) is 24.3 Å². The first-order valence-corrected chi connectivity index (χ1v) is 8.21. The van der Waals surface area contributed by atoms with E-state index in [2.05, 4.69) is 5.10 Å². The van der Waals surface area contributed by atoms with Crippen molar-refractivity contribution in [2.45, 2.75) is 0 Å². The Kier molecular flexibility index (Phi) is 4.28. The summed E-state index contributed by atoms with van der Waals surface area (Å²) in [6.07, 6.45) is 0. The zero-order valence-corrected chi connectivity index (χ0v) is 13.9. The number of anilines is 1. The molecule has 0 saturated heterocycles. The molecule has 1 aliphatic carbocycles. The minimum Gasteiger partial charge on any atom is -0.287 e. The maximum absolute atomic E-state index is 13.7. The third-order valence-corrected chi connectivity index (χ3v) is 4.34. The second-order valence-corrected chi connectivity index (χ2v) is 5.97. The first kappa shape index (κ1) is 17.1. The lowest BCUT2D eigenvalue weighted by Crippen LogP contribution is -2.32. The van der Waals surface area contributed by atoms with Crippen molar-refractivity contribution in [3.63, 3.8) is 0 Å². The fourth-order valence-electron chi connectivity index (χ4n) is 3.11. The molecule has 132 valence electrons. The number of ketones is 1. The third-order valence-electron chi connectivity index (χ3n) is 4.34. The zero-order valence-electron chi connectivity index (χ0n) is 13.9. The Bertz CT molecular complexity index is 1050. The molecule has 27 heavy (non-hydrogen) atoms. The summed E-state index contributed by atoms with van der Waals surface area (Å²) >= 11 is 0. The highest BCUT2D eigenvalue weighted by Gasteiger charge is 2.32. The van der Waals surface area contributed by atoms with Gasteiger partial charge in [-0.05, 0) is 35.4 Å². The number of Topliss-reactive ketones (excluding diaryl/α,β-unsaturated/α-hetero) is 1. The van der Waals surface area contributed by atoms with Crippen molar-refractivity contribution in [3.8, 4) is 11.1 Å². The van der Waals surface area contributed by atoms with Crippen LogP contribution in [0.3, 0.4) is 0 Å². The zero-order chi connectivity index (χ0) is 19.0. The van der Waals surface area contributed by atoms with Crippen molar-refractivity contribution in [2.24, 2.45) is 5.10 Å². The monoisotopic (exact) mass is 364 g/mol. The second kappa shape index (κ2) is 6.76. The van der Waals surface area contributed by atoms with Gasteiger partial charge < -0.3 is 0 Å². The molecule has 3 aromatic carbocycles. The molecular formula is C20H12BF3N2O. The first-order chi connectivity index (χ1) is 13.1. The minimum atomic E-state index is -3.00. The molecule has 0 spiro atoms. The van der Waals surface area contributed by atoms with E-state index in [4.69, 9.17) is 0 Å². The maximum atomic E-state index is 13.7. The maximum Gasteiger partial charge on any atom is 0.695 e. The molecule has 0 bridgehead atoms. The van der Waals surface area contributed by atoms with Gasteiger partial charge in [0.15, 0.2) is 0 Å². The fraction of sp³-hybridized carbons (Fsp3) is 0. The van der Waals surface area contributed by atoms with Crippen molar-refractivity contribution in [3.05, 3.63) is 89.7 Å². The van der Waals surface area contributed by atoms with Crippen LogP contribution in [-0.4, -0.2) is 18.9 Å². The lowest BCUT2D eigenvalue weighted by molar-refractivity contribution is 0.106. The van der Waals surface area contributed by atoms with E-state index in [-0.39, 0.29) is 11.4 Å². The van der Waals surface area contributed by atoms with Crippen LogP contribution in [0.2, 0.25) is 0 Å². The molecule has 3 aromatic rings. The number of hydrogen-bond donors (Lipinski definition) is 0. The van der Waals surface area contributed by atoms with Gasteiger partial charge in [0, 0.05) is 11.1 Å². The molecule has 0 radical (unpaired) electrons. The number of carbonyl (C=O) groups excluding carboxylic acids is 1. The van der Waals surface area contributed by atoms with Gasteiger partial charge in [0.2, 0.25) is 5.78 Å². The molecule has 0 amide bonds. The number of halogens is 3. The molecule has 3 nitrogen and oxygen atoms in total. The standard InChI is InChI=1S/C20H12BF3N2O/c22-13-9-11-14(12-10-13)26(21(23)24)25-19-17-7-3-1-5-15(17)16-6-2-4-8-18(16)20(19)27/h1-12H/b25-19-. The number of nitrogens with zero attached hydrogens (tertiary/aromatic N) is 2. The highest BCUT2D eigenvalue weighted by atomic mass is 19.2. The van der Waals surface area contributed by atoms with Crippen molar-refractivity contribution in [1.29, 1.82) is 0 Å². The molecule has 1 aliphatic rings. The van der Waals surface area contributed by atoms with E-state index in [0.29, 0.717) is 16.0 Å². The molecule has 0 aromatic heterocycles. The van der Waals surface area contributed by atoms with E-state index >= 15 is 0 Å². The van der Waals surface area contributed by atoms with Crippen LogP contribution in [-0.2, 0) is 0 Å². The first-order valence-electron chi connectivity index (χ1n) is 8.21. The molecule has 0 saturated carbocycles. The number of hydrazone groups is 1. The predicted octanol–water partition coefficient (Wildman–Crippen LogP) is 4.82. The fourth-order valence-corrected chi connectivity index (χ4v) is 3.11. The van der Waals surface area contributed by atoms with Crippen LogP contribution in [0.5, 0.6) is 0 Å².